The van der Waals surface area contributed by atoms with Crippen molar-refractivity contribution in [2.45, 2.75) is 0 Å². The zero-order chi connectivity index (χ0) is 41.8. The molecule has 0 radical (unpaired) electrons. The SMILES string of the molecule is Nc1cc(NC(=O)/C=C/c2ccc(/C=C/C(=O)Nc3cc(N)cc(OC(=O)c4ccc(-c5ccccc5)cc4)c3)cc2)cc(OC(=O)c2ccc(-c3ccccc3)cc2)c1. The summed E-state index contributed by atoms with van der Waals surface area (Å²) in [5.74, 6) is -1.60. The number of nitrogen functional groups attached to an aromatic ring is 2. The van der Waals surface area contributed by atoms with E-state index in [0.717, 1.165) is 33.4 Å². The summed E-state index contributed by atoms with van der Waals surface area (Å²) in [6.07, 6.45) is 5.98. The van der Waals surface area contributed by atoms with Crippen LogP contribution in [0.2, 0.25) is 0 Å². The minimum absolute atomic E-state index is 0.184. The number of carbonyl (C=O) groups is 4. The molecule has 0 heterocycles. The first-order valence-corrected chi connectivity index (χ1v) is 18.8. The first-order chi connectivity index (χ1) is 29.1. The number of benzene rings is 7. The van der Waals surface area contributed by atoms with E-state index in [-0.39, 0.29) is 11.5 Å². The van der Waals surface area contributed by atoms with Gasteiger partial charge in [-0.15, -0.1) is 0 Å². The highest BCUT2D eigenvalue weighted by atomic mass is 16.5. The summed E-state index contributed by atoms with van der Waals surface area (Å²) in [4.78, 5) is 51.3. The van der Waals surface area contributed by atoms with Crippen LogP contribution in [0.5, 0.6) is 11.5 Å². The van der Waals surface area contributed by atoms with Gasteiger partial charge in [0, 0.05) is 59.2 Å². The third-order valence-electron chi connectivity index (χ3n) is 9.06. The van der Waals surface area contributed by atoms with Crippen molar-refractivity contribution in [3.63, 3.8) is 0 Å². The Morgan fingerprint density at radius 3 is 1.13 bits per heavy atom. The maximum atomic E-state index is 12.9. The van der Waals surface area contributed by atoms with Gasteiger partial charge in [0.1, 0.15) is 11.5 Å². The largest absolute Gasteiger partial charge is 0.423 e. The zero-order valence-electron chi connectivity index (χ0n) is 32.1. The Morgan fingerprint density at radius 2 is 0.767 bits per heavy atom. The van der Waals surface area contributed by atoms with Crippen LogP contribution in [-0.4, -0.2) is 23.8 Å². The van der Waals surface area contributed by atoms with Crippen LogP contribution >= 0.6 is 0 Å². The second-order valence-corrected chi connectivity index (χ2v) is 13.6. The van der Waals surface area contributed by atoms with Gasteiger partial charge in [-0.3, -0.25) is 9.59 Å². The van der Waals surface area contributed by atoms with Crippen molar-refractivity contribution in [3.8, 4) is 33.8 Å². The van der Waals surface area contributed by atoms with E-state index in [0.29, 0.717) is 33.9 Å². The normalized spacial score (nSPS) is 10.9. The van der Waals surface area contributed by atoms with E-state index in [1.807, 2.05) is 84.9 Å². The van der Waals surface area contributed by atoms with Crippen LogP contribution in [0.4, 0.5) is 22.7 Å². The second-order valence-electron chi connectivity index (χ2n) is 13.6. The molecule has 7 aromatic rings. The molecule has 0 saturated heterocycles. The lowest BCUT2D eigenvalue weighted by molar-refractivity contribution is -0.112. The molecule has 60 heavy (non-hydrogen) atoms. The van der Waals surface area contributed by atoms with Crippen LogP contribution in [0.15, 0.2) is 182 Å². The molecule has 0 atom stereocenters. The Morgan fingerprint density at radius 1 is 0.417 bits per heavy atom. The lowest BCUT2D eigenvalue weighted by Gasteiger charge is -2.09. The number of nitrogens with one attached hydrogen (secondary N) is 2. The molecule has 10 nitrogen and oxygen atoms in total. The number of amides is 2. The Kier molecular flexibility index (Phi) is 12.3. The summed E-state index contributed by atoms with van der Waals surface area (Å²) in [6.45, 7) is 0. The molecule has 0 aromatic heterocycles. The fourth-order valence-corrected chi connectivity index (χ4v) is 6.13. The van der Waals surface area contributed by atoms with Gasteiger partial charge in [-0.25, -0.2) is 9.59 Å². The number of rotatable bonds is 12. The molecule has 0 saturated carbocycles. The van der Waals surface area contributed by atoms with Crippen molar-refractivity contribution in [1.82, 2.24) is 0 Å². The van der Waals surface area contributed by atoms with Crippen LogP contribution in [-0.2, 0) is 9.59 Å². The monoisotopic (exact) mass is 790 g/mol. The maximum Gasteiger partial charge on any atom is 0.343 e. The molecule has 0 aliphatic carbocycles. The first-order valence-electron chi connectivity index (χ1n) is 18.8. The van der Waals surface area contributed by atoms with Gasteiger partial charge >= 0.3 is 11.9 Å². The molecule has 0 bridgehead atoms. The Bertz CT molecular complexity index is 2520. The standard InChI is InChI=1S/C50H38N4O6/c51-41-27-43(31-45(29-41)59-49(57)39-21-17-37(18-22-39)35-7-3-1-4-8-35)53-47(55)25-15-33-11-13-34(14-12-33)16-26-48(56)54-44-28-42(52)30-46(32-44)60-50(58)40-23-19-38(20-24-40)36-9-5-2-6-10-36/h1-32H,51-52H2,(H,53,55)(H,54,56)/b25-15+,26-16+. The van der Waals surface area contributed by atoms with E-state index in [1.54, 1.807) is 72.8 Å². The predicted molar refractivity (Wildman–Crippen MR) is 237 cm³/mol. The van der Waals surface area contributed by atoms with Crippen molar-refractivity contribution >= 4 is 58.7 Å². The van der Waals surface area contributed by atoms with E-state index < -0.39 is 23.8 Å². The second kappa shape index (κ2) is 18.6. The van der Waals surface area contributed by atoms with Crippen LogP contribution in [0, 0.1) is 0 Å². The fourth-order valence-electron chi connectivity index (χ4n) is 6.13. The van der Waals surface area contributed by atoms with Crippen molar-refractivity contribution < 1.29 is 28.7 Å². The molecule has 10 heteroatoms. The molecule has 0 spiro atoms. The van der Waals surface area contributed by atoms with Gasteiger partial charge in [-0.1, -0.05) is 109 Å². The minimum Gasteiger partial charge on any atom is -0.423 e. The molecule has 6 N–H and O–H groups in total. The third-order valence-corrected chi connectivity index (χ3v) is 9.06. The summed E-state index contributed by atoms with van der Waals surface area (Å²) in [5.41, 5.74) is 19.6. The van der Waals surface area contributed by atoms with Gasteiger partial charge in [0.15, 0.2) is 0 Å². The number of hydrogen-bond acceptors (Lipinski definition) is 8. The summed E-state index contributed by atoms with van der Waals surface area (Å²) >= 11 is 0. The average Bonchev–Trinajstić information content (AvgIpc) is 3.25. The van der Waals surface area contributed by atoms with E-state index >= 15 is 0 Å². The number of nitrogens with two attached hydrogens (primary N) is 2. The molecule has 0 aliphatic heterocycles. The van der Waals surface area contributed by atoms with Gasteiger partial charge in [0.05, 0.1) is 11.1 Å². The van der Waals surface area contributed by atoms with Crippen LogP contribution in [0.1, 0.15) is 31.8 Å². The summed E-state index contributed by atoms with van der Waals surface area (Å²) in [6, 6.07) is 50.1. The predicted octanol–water partition coefficient (Wildman–Crippen LogP) is 9.93. The van der Waals surface area contributed by atoms with Crippen molar-refractivity contribution in [2.24, 2.45) is 0 Å². The quantitative estimate of drug-likeness (QED) is 0.0411. The summed E-state index contributed by atoms with van der Waals surface area (Å²) in [7, 11) is 0. The highest BCUT2D eigenvalue weighted by molar-refractivity contribution is 6.03. The highest BCUT2D eigenvalue weighted by Crippen LogP contribution is 2.27. The minimum atomic E-state index is -0.561. The van der Waals surface area contributed by atoms with Gasteiger partial charge < -0.3 is 31.6 Å². The molecule has 0 fully saturated rings. The third kappa shape index (κ3) is 10.9. The van der Waals surface area contributed by atoms with Gasteiger partial charge in [0.25, 0.3) is 0 Å². The maximum absolute atomic E-state index is 12.9. The first kappa shape index (κ1) is 39.7. The molecule has 2 amide bonds. The lowest BCUT2D eigenvalue weighted by atomic mass is 10.0. The van der Waals surface area contributed by atoms with Gasteiger partial charge in [-0.05, 0) is 81.9 Å². The van der Waals surface area contributed by atoms with E-state index in [2.05, 4.69) is 10.6 Å². The van der Waals surface area contributed by atoms with E-state index in [4.69, 9.17) is 20.9 Å². The molecule has 7 rings (SSSR count). The molecular formula is C50H38N4O6. The van der Waals surface area contributed by atoms with Crippen molar-refractivity contribution in [2.75, 3.05) is 22.1 Å². The molecular weight excluding hydrogens is 753 g/mol. The van der Waals surface area contributed by atoms with Crippen LogP contribution < -0.4 is 31.6 Å². The zero-order valence-corrected chi connectivity index (χ0v) is 32.1. The molecule has 7 aromatic carbocycles. The topological polar surface area (TPSA) is 163 Å². The van der Waals surface area contributed by atoms with E-state index in [9.17, 15) is 19.2 Å². The number of anilines is 4. The fraction of sp³-hybridized carbons (Fsp3) is 0. The number of esters is 2. The molecule has 0 aliphatic rings. The van der Waals surface area contributed by atoms with Crippen LogP contribution in [0.3, 0.4) is 0 Å². The van der Waals surface area contributed by atoms with Gasteiger partial charge in [-0.2, -0.15) is 0 Å². The smallest absolute Gasteiger partial charge is 0.343 e. The molecule has 0 unspecified atom stereocenters. The van der Waals surface area contributed by atoms with Crippen molar-refractivity contribution in [1.29, 1.82) is 0 Å². The summed E-state index contributed by atoms with van der Waals surface area (Å²) in [5, 5.41) is 5.48. The Balaban J connectivity index is 0.891. The Labute approximate surface area is 346 Å². The van der Waals surface area contributed by atoms with Gasteiger partial charge in [0.2, 0.25) is 11.8 Å². The number of ether oxygens (including phenoxy) is 2. The number of hydrogen-bond donors (Lipinski definition) is 4. The Hall–Kier alpha value is -8.50. The highest BCUT2D eigenvalue weighted by Gasteiger charge is 2.13. The van der Waals surface area contributed by atoms with Crippen molar-refractivity contribution in [3.05, 3.63) is 204 Å². The summed E-state index contributed by atoms with van der Waals surface area (Å²) < 4.78 is 11.1. The van der Waals surface area contributed by atoms with Crippen LogP contribution in [0.25, 0.3) is 34.4 Å². The molecule has 294 valence electrons. The average molecular weight is 791 g/mol. The lowest BCUT2D eigenvalue weighted by Crippen LogP contribution is -2.11. The number of carbonyl (C=O) groups excluding carboxylic acids is 4. The van der Waals surface area contributed by atoms with E-state index in [1.165, 1.54) is 36.4 Å².